The maximum Gasteiger partial charge on any atom is 0.239 e. The smallest absolute Gasteiger partial charge is 0.239 e. The van der Waals surface area contributed by atoms with Crippen LogP contribution in [0.2, 0.25) is 0 Å². The Kier molecular flexibility index (Phi) is 4.99. The van der Waals surface area contributed by atoms with E-state index in [0.717, 1.165) is 62.7 Å². The SMILES string of the molecule is CC1(O)CCC(Nc2ncc3c(n2)N(C2CCCC2)C(=O)[C@]2(CCNC2O)C3)CC1. The Morgan fingerprint density at radius 2 is 1.93 bits per heavy atom. The van der Waals surface area contributed by atoms with E-state index in [0.29, 0.717) is 25.3 Å². The number of aromatic nitrogens is 2. The third-order valence-electron chi connectivity index (χ3n) is 7.74. The number of aliphatic hydroxyl groups excluding tert-OH is 1. The van der Waals surface area contributed by atoms with Crippen molar-refractivity contribution in [2.45, 2.75) is 95.0 Å². The van der Waals surface area contributed by atoms with E-state index < -0.39 is 17.2 Å². The van der Waals surface area contributed by atoms with Gasteiger partial charge in [0.05, 0.1) is 11.0 Å². The summed E-state index contributed by atoms with van der Waals surface area (Å²) in [7, 11) is 0. The Morgan fingerprint density at radius 1 is 1.20 bits per heavy atom. The van der Waals surface area contributed by atoms with Gasteiger partial charge in [0, 0.05) is 23.8 Å². The van der Waals surface area contributed by atoms with Crippen molar-refractivity contribution in [1.29, 1.82) is 0 Å². The fourth-order valence-corrected chi connectivity index (χ4v) is 5.79. The zero-order chi connectivity index (χ0) is 20.9. The highest BCUT2D eigenvalue weighted by molar-refractivity contribution is 6.01. The van der Waals surface area contributed by atoms with Crippen LogP contribution in [0.15, 0.2) is 6.20 Å². The van der Waals surface area contributed by atoms with Gasteiger partial charge in [-0.2, -0.15) is 4.98 Å². The molecular weight excluding hydrogens is 382 g/mol. The van der Waals surface area contributed by atoms with Crippen LogP contribution in [0.5, 0.6) is 0 Å². The van der Waals surface area contributed by atoms with Crippen LogP contribution >= 0.6 is 0 Å². The van der Waals surface area contributed by atoms with Gasteiger partial charge in [0.25, 0.3) is 0 Å². The minimum atomic E-state index is -0.824. The second-order valence-corrected chi connectivity index (χ2v) is 10.0. The lowest BCUT2D eigenvalue weighted by Crippen LogP contribution is -2.57. The molecule has 164 valence electrons. The summed E-state index contributed by atoms with van der Waals surface area (Å²) in [5.41, 5.74) is -0.435. The summed E-state index contributed by atoms with van der Waals surface area (Å²) in [6, 6.07) is 0.378. The fourth-order valence-electron chi connectivity index (χ4n) is 5.79. The van der Waals surface area contributed by atoms with Crippen LogP contribution < -0.4 is 15.5 Å². The molecule has 5 rings (SSSR count). The maximum absolute atomic E-state index is 13.7. The molecule has 2 atom stereocenters. The molecule has 1 amide bonds. The van der Waals surface area contributed by atoms with Crippen molar-refractivity contribution < 1.29 is 15.0 Å². The Hall–Kier alpha value is -1.77. The lowest BCUT2D eigenvalue weighted by molar-refractivity contribution is -0.135. The van der Waals surface area contributed by atoms with Crippen molar-refractivity contribution in [3.05, 3.63) is 11.8 Å². The number of nitrogens with zero attached hydrogens (tertiary/aromatic N) is 3. The molecule has 2 saturated carbocycles. The van der Waals surface area contributed by atoms with E-state index >= 15 is 0 Å². The molecule has 1 spiro atoms. The van der Waals surface area contributed by atoms with Gasteiger partial charge in [-0.15, -0.1) is 0 Å². The first kappa shape index (κ1) is 20.2. The number of hydrogen-bond acceptors (Lipinski definition) is 7. The molecule has 0 radical (unpaired) electrons. The average molecular weight is 416 g/mol. The van der Waals surface area contributed by atoms with Crippen molar-refractivity contribution in [3.8, 4) is 0 Å². The largest absolute Gasteiger partial charge is 0.390 e. The molecule has 1 unspecified atom stereocenters. The van der Waals surface area contributed by atoms with Gasteiger partial charge in [-0.1, -0.05) is 12.8 Å². The number of aliphatic hydroxyl groups is 2. The number of rotatable bonds is 3. The predicted molar refractivity (Wildman–Crippen MR) is 113 cm³/mol. The second-order valence-electron chi connectivity index (χ2n) is 10.0. The molecule has 3 fully saturated rings. The van der Waals surface area contributed by atoms with E-state index in [9.17, 15) is 15.0 Å². The number of anilines is 2. The van der Waals surface area contributed by atoms with Crippen LogP contribution in [0, 0.1) is 5.41 Å². The number of hydrogen-bond donors (Lipinski definition) is 4. The minimum Gasteiger partial charge on any atom is -0.390 e. The highest BCUT2D eigenvalue weighted by atomic mass is 16.3. The molecule has 2 aliphatic heterocycles. The number of carbonyl (C=O) groups excluding carboxylic acids is 1. The normalized spacial score (nSPS) is 37.0. The minimum absolute atomic E-state index is 0.0118. The van der Waals surface area contributed by atoms with Crippen LogP contribution in [-0.2, 0) is 11.2 Å². The van der Waals surface area contributed by atoms with Crippen molar-refractivity contribution >= 4 is 17.7 Å². The molecule has 1 saturated heterocycles. The third-order valence-corrected chi connectivity index (χ3v) is 7.74. The number of nitrogens with one attached hydrogen (secondary N) is 2. The van der Waals surface area contributed by atoms with E-state index in [1.165, 1.54) is 0 Å². The first-order valence-electron chi connectivity index (χ1n) is 11.5. The monoisotopic (exact) mass is 415 g/mol. The number of fused-ring (bicyclic) bond motifs is 1. The van der Waals surface area contributed by atoms with Gasteiger partial charge in [-0.05, 0) is 64.8 Å². The first-order chi connectivity index (χ1) is 14.4. The molecule has 4 N–H and O–H groups in total. The fraction of sp³-hybridized carbons (Fsp3) is 0.773. The van der Waals surface area contributed by atoms with Crippen LogP contribution in [0.4, 0.5) is 11.8 Å². The summed E-state index contributed by atoms with van der Waals surface area (Å²) in [5.74, 6) is 1.28. The van der Waals surface area contributed by atoms with E-state index in [4.69, 9.17) is 4.98 Å². The summed E-state index contributed by atoms with van der Waals surface area (Å²) >= 11 is 0. The van der Waals surface area contributed by atoms with Crippen LogP contribution in [0.1, 0.15) is 70.3 Å². The third kappa shape index (κ3) is 3.39. The van der Waals surface area contributed by atoms with Crippen molar-refractivity contribution in [2.75, 3.05) is 16.8 Å². The van der Waals surface area contributed by atoms with Crippen LogP contribution in [0.3, 0.4) is 0 Å². The van der Waals surface area contributed by atoms with Crippen LogP contribution in [0.25, 0.3) is 0 Å². The molecule has 0 bridgehead atoms. The van der Waals surface area contributed by atoms with E-state index in [-0.39, 0.29) is 18.0 Å². The van der Waals surface area contributed by atoms with Crippen molar-refractivity contribution in [1.82, 2.24) is 15.3 Å². The summed E-state index contributed by atoms with van der Waals surface area (Å²) in [6.45, 7) is 2.54. The standard InChI is InChI=1S/C22H33N5O3/c1-21(30)8-6-15(7-9-21)25-20-24-13-14-12-22(10-11-23-18(22)28)19(29)27(17(14)26-20)16-4-2-3-5-16/h13,15-16,18,23,28,30H,2-12H2,1H3,(H,24,25,26)/t15?,18?,21?,22-/m1/s1. The molecule has 1 aromatic rings. The van der Waals surface area contributed by atoms with Gasteiger partial charge < -0.3 is 15.5 Å². The second kappa shape index (κ2) is 7.43. The molecule has 2 aliphatic carbocycles. The molecule has 30 heavy (non-hydrogen) atoms. The highest BCUT2D eigenvalue weighted by Crippen LogP contribution is 2.45. The van der Waals surface area contributed by atoms with Crippen LogP contribution in [-0.4, -0.2) is 56.5 Å². The number of carbonyl (C=O) groups is 1. The molecule has 1 aromatic heterocycles. The molecule has 8 nitrogen and oxygen atoms in total. The van der Waals surface area contributed by atoms with E-state index in [1.54, 1.807) is 0 Å². The van der Waals surface area contributed by atoms with Crippen molar-refractivity contribution in [2.24, 2.45) is 5.41 Å². The Bertz CT molecular complexity index is 815. The van der Waals surface area contributed by atoms with Gasteiger partial charge in [0.1, 0.15) is 12.0 Å². The number of amides is 1. The summed E-state index contributed by atoms with van der Waals surface area (Å²) in [5, 5.41) is 27.3. The quantitative estimate of drug-likeness (QED) is 0.595. The Balaban J connectivity index is 1.44. The van der Waals surface area contributed by atoms with Gasteiger partial charge in [0.15, 0.2) is 0 Å². The maximum atomic E-state index is 13.7. The lowest BCUT2D eigenvalue weighted by Gasteiger charge is -2.43. The molecule has 0 aromatic carbocycles. The molecule has 4 aliphatic rings. The zero-order valence-corrected chi connectivity index (χ0v) is 17.7. The van der Waals surface area contributed by atoms with Gasteiger partial charge in [-0.3, -0.25) is 15.0 Å². The first-order valence-corrected chi connectivity index (χ1v) is 11.5. The highest BCUT2D eigenvalue weighted by Gasteiger charge is 2.55. The summed E-state index contributed by atoms with van der Waals surface area (Å²) in [6.07, 6.45) is 9.60. The summed E-state index contributed by atoms with van der Waals surface area (Å²) < 4.78 is 0. The average Bonchev–Trinajstić information content (AvgIpc) is 3.36. The van der Waals surface area contributed by atoms with Gasteiger partial charge >= 0.3 is 0 Å². The Morgan fingerprint density at radius 3 is 2.60 bits per heavy atom. The molecular formula is C22H33N5O3. The van der Waals surface area contributed by atoms with Gasteiger partial charge in [0.2, 0.25) is 11.9 Å². The molecule has 8 heteroatoms. The van der Waals surface area contributed by atoms with Crippen molar-refractivity contribution in [3.63, 3.8) is 0 Å². The topological polar surface area (TPSA) is 111 Å². The zero-order valence-electron chi connectivity index (χ0n) is 17.7. The Labute approximate surface area is 177 Å². The predicted octanol–water partition coefficient (Wildman–Crippen LogP) is 1.71. The molecule has 3 heterocycles. The lowest BCUT2D eigenvalue weighted by atomic mass is 9.75. The van der Waals surface area contributed by atoms with E-state index in [1.807, 2.05) is 18.0 Å². The van der Waals surface area contributed by atoms with Gasteiger partial charge in [-0.25, -0.2) is 4.98 Å². The van der Waals surface area contributed by atoms with E-state index in [2.05, 4.69) is 15.6 Å². The summed E-state index contributed by atoms with van der Waals surface area (Å²) in [4.78, 5) is 25.0.